The summed E-state index contributed by atoms with van der Waals surface area (Å²) in [5.41, 5.74) is 0.881. The van der Waals surface area contributed by atoms with Gasteiger partial charge in [0, 0.05) is 25.4 Å². The minimum atomic E-state index is -3.57. The highest BCUT2D eigenvalue weighted by Gasteiger charge is 2.25. The SMILES string of the molecule is Cc1[nH]nc(S(=O)(=O)N(C)C)c1CO. The Morgan fingerprint density at radius 1 is 1.50 bits per heavy atom. The second-order valence-electron chi connectivity index (χ2n) is 3.08. The second-order valence-corrected chi connectivity index (χ2v) is 5.14. The molecule has 0 fully saturated rings. The molecule has 0 radical (unpaired) electrons. The van der Waals surface area contributed by atoms with Crippen LogP contribution < -0.4 is 0 Å². The predicted molar refractivity (Wildman–Crippen MR) is 50.1 cm³/mol. The van der Waals surface area contributed by atoms with Gasteiger partial charge < -0.3 is 5.11 Å². The lowest BCUT2D eigenvalue weighted by molar-refractivity contribution is 0.277. The number of sulfonamides is 1. The molecule has 1 aromatic rings. The van der Waals surface area contributed by atoms with Gasteiger partial charge in [0.1, 0.15) is 0 Å². The molecule has 0 amide bonds. The van der Waals surface area contributed by atoms with Crippen molar-refractivity contribution in [3.8, 4) is 0 Å². The van der Waals surface area contributed by atoms with Gasteiger partial charge in [0.2, 0.25) is 0 Å². The molecule has 0 aliphatic heterocycles. The van der Waals surface area contributed by atoms with Gasteiger partial charge in [-0.05, 0) is 6.92 Å². The van der Waals surface area contributed by atoms with Gasteiger partial charge >= 0.3 is 0 Å². The topological polar surface area (TPSA) is 86.3 Å². The number of rotatable bonds is 3. The molecule has 0 unspecified atom stereocenters. The van der Waals surface area contributed by atoms with E-state index in [9.17, 15) is 8.42 Å². The molecule has 0 atom stereocenters. The van der Waals surface area contributed by atoms with Crippen LogP contribution in [0.3, 0.4) is 0 Å². The van der Waals surface area contributed by atoms with Gasteiger partial charge in [0.05, 0.1) is 6.61 Å². The summed E-state index contributed by atoms with van der Waals surface area (Å²) in [7, 11) is -0.734. The number of hydrogen-bond acceptors (Lipinski definition) is 4. The van der Waals surface area contributed by atoms with Crippen LogP contribution >= 0.6 is 0 Å². The standard InChI is InChI=1S/C7H13N3O3S/c1-5-6(4-11)7(9-8-5)14(12,13)10(2)3/h11H,4H2,1-3H3,(H,8,9). The predicted octanol–water partition coefficient (Wildman–Crippen LogP) is -0.539. The lowest BCUT2D eigenvalue weighted by atomic mass is 10.3. The summed E-state index contributed by atoms with van der Waals surface area (Å²) in [5, 5.41) is 15.1. The summed E-state index contributed by atoms with van der Waals surface area (Å²) in [5.74, 6) is 0. The zero-order valence-corrected chi connectivity index (χ0v) is 9.09. The fourth-order valence-electron chi connectivity index (χ4n) is 1.00. The molecule has 0 aromatic carbocycles. The van der Waals surface area contributed by atoms with Crippen LogP contribution in [-0.4, -0.2) is 42.1 Å². The highest BCUT2D eigenvalue weighted by molar-refractivity contribution is 7.89. The average Bonchev–Trinajstić information content (AvgIpc) is 2.46. The number of aliphatic hydroxyl groups is 1. The molecule has 0 saturated heterocycles. The van der Waals surface area contributed by atoms with Crippen molar-refractivity contribution in [3.63, 3.8) is 0 Å². The lowest BCUT2D eigenvalue weighted by Gasteiger charge is -2.09. The molecule has 0 spiro atoms. The Labute approximate surface area is 82.6 Å². The van der Waals surface area contributed by atoms with Crippen molar-refractivity contribution >= 4 is 10.0 Å². The molecular weight excluding hydrogens is 206 g/mol. The minimum Gasteiger partial charge on any atom is -0.392 e. The van der Waals surface area contributed by atoms with Gasteiger partial charge in [-0.1, -0.05) is 0 Å². The molecule has 14 heavy (non-hydrogen) atoms. The first-order valence-corrected chi connectivity index (χ1v) is 5.42. The van der Waals surface area contributed by atoms with E-state index >= 15 is 0 Å². The molecule has 6 nitrogen and oxygen atoms in total. The maximum Gasteiger partial charge on any atom is 0.262 e. The molecule has 0 bridgehead atoms. The molecule has 2 N–H and O–H groups in total. The van der Waals surface area contributed by atoms with Crippen molar-refractivity contribution in [3.05, 3.63) is 11.3 Å². The number of hydrogen-bond donors (Lipinski definition) is 2. The van der Waals surface area contributed by atoms with E-state index in [2.05, 4.69) is 10.2 Å². The van der Waals surface area contributed by atoms with E-state index < -0.39 is 10.0 Å². The largest absolute Gasteiger partial charge is 0.392 e. The first-order chi connectivity index (χ1) is 6.41. The fraction of sp³-hybridized carbons (Fsp3) is 0.571. The molecule has 7 heteroatoms. The van der Waals surface area contributed by atoms with E-state index in [1.54, 1.807) is 6.92 Å². The third kappa shape index (κ3) is 1.66. The summed E-state index contributed by atoms with van der Waals surface area (Å²) >= 11 is 0. The number of aryl methyl sites for hydroxylation is 1. The molecule has 0 aliphatic carbocycles. The van der Waals surface area contributed by atoms with Crippen LogP contribution in [0.2, 0.25) is 0 Å². The maximum atomic E-state index is 11.7. The summed E-state index contributed by atoms with van der Waals surface area (Å²) in [6.07, 6.45) is 0. The Morgan fingerprint density at radius 2 is 2.07 bits per heavy atom. The van der Waals surface area contributed by atoms with Crippen molar-refractivity contribution in [1.82, 2.24) is 14.5 Å². The van der Waals surface area contributed by atoms with Gasteiger partial charge in [0.15, 0.2) is 5.03 Å². The normalized spacial score (nSPS) is 12.4. The molecule has 1 heterocycles. The molecule has 80 valence electrons. The number of aromatic nitrogens is 2. The Balaban J connectivity index is 3.33. The second kappa shape index (κ2) is 3.68. The third-order valence-corrected chi connectivity index (χ3v) is 3.71. The van der Waals surface area contributed by atoms with E-state index in [-0.39, 0.29) is 11.6 Å². The number of H-pyrrole nitrogens is 1. The molecule has 1 rings (SSSR count). The number of nitrogens with one attached hydrogen (secondary N) is 1. The molecular formula is C7H13N3O3S. The van der Waals surface area contributed by atoms with Gasteiger partial charge in [-0.15, -0.1) is 0 Å². The highest BCUT2D eigenvalue weighted by Crippen LogP contribution is 2.18. The van der Waals surface area contributed by atoms with Crippen molar-refractivity contribution in [2.75, 3.05) is 14.1 Å². The zero-order chi connectivity index (χ0) is 10.9. The van der Waals surface area contributed by atoms with Gasteiger partial charge in [0.25, 0.3) is 10.0 Å². The lowest BCUT2D eigenvalue weighted by Crippen LogP contribution is -2.23. The first kappa shape index (κ1) is 11.2. The van der Waals surface area contributed by atoms with Crippen molar-refractivity contribution in [1.29, 1.82) is 0 Å². The fourth-order valence-corrected chi connectivity index (χ4v) is 2.04. The zero-order valence-electron chi connectivity index (χ0n) is 8.27. The van der Waals surface area contributed by atoms with E-state index in [0.717, 1.165) is 4.31 Å². The molecule has 0 saturated carbocycles. The quantitative estimate of drug-likeness (QED) is 0.715. The van der Waals surface area contributed by atoms with Crippen molar-refractivity contribution in [2.24, 2.45) is 0 Å². The van der Waals surface area contributed by atoms with Crippen LogP contribution in [0.25, 0.3) is 0 Å². The highest BCUT2D eigenvalue weighted by atomic mass is 32.2. The van der Waals surface area contributed by atoms with Crippen LogP contribution in [0.4, 0.5) is 0 Å². The Bertz CT molecular complexity index is 421. The maximum absolute atomic E-state index is 11.7. The Hall–Kier alpha value is -0.920. The Kier molecular flexibility index (Phi) is 2.93. The van der Waals surface area contributed by atoms with E-state index in [0.29, 0.717) is 11.3 Å². The van der Waals surface area contributed by atoms with Crippen LogP contribution in [0, 0.1) is 6.92 Å². The summed E-state index contributed by atoms with van der Waals surface area (Å²) < 4.78 is 24.4. The summed E-state index contributed by atoms with van der Waals surface area (Å²) in [4.78, 5) is 0. The van der Waals surface area contributed by atoms with Crippen molar-refractivity contribution < 1.29 is 13.5 Å². The van der Waals surface area contributed by atoms with Gasteiger partial charge in [-0.3, -0.25) is 5.10 Å². The summed E-state index contributed by atoms with van der Waals surface area (Å²) in [6, 6.07) is 0. The van der Waals surface area contributed by atoms with Crippen LogP contribution in [0.15, 0.2) is 5.03 Å². The monoisotopic (exact) mass is 219 g/mol. The third-order valence-electron chi connectivity index (χ3n) is 1.92. The van der Waals surface area contributed by atoms with Crippen molar-refractivity contribution in [2.45, 2.75) is 18.6 Å². The number of aromatic amines is 1. The number of nitrogens with zero attached hydrogens (tertiary/aromatic N) is 2. The number of aliphatic hydroxyl groups excluding tert-OH is 1. The Morgan fingerprint density at radius 3 is 2.50 bits per heavy atom. The smallest absolute Gasteiger partial charge is 0.262 e. The van der Waals surface area contributed by atoms with Crippen LogP contribution in [-0.2, 0) is 16.6 Å². The van der Waals surface area contributed by atoms with Gasteiger partial charge in [-0.25, -0.2) is 12.7 Å². The van der Waals surface area contributed by atoms with Crippen LogP contribution in [0.1, 0.15) is 11.3 Å². The van der Waals surface area contributed by atoms with Crippen LogP contribution in [0.5, 0.6) is 0 Å². The van der Waals surface area contributed by atoms with E-state index in [1.165, 1.54) is 14.1 Å². The minimum absolute atomic E-state index is 0.109. The first-order valence-electron chi connectivity index (χ1n) is 3.98. The molecule has 1 aromatic heterocycles. The van der Waals surface area contributed by atoms with E-state index in [1.807, 2.05) is 0 Å². The van der Waals surface area contributed by atoms with Gasteiger partial charge in [-0.2, -0.15) is 5.10 Å². The molecule has 0 aliphatic rings. The average molecular weight is 219 g/mol. The van der Waals surface area contributed by atoms with E-state index in [4.69, 9.17) is 5.11 Å². The summed E-state index contributed by atoms with van der Waals surface area (Å²) in [6.45, 7) is 1.32.